The van der Waals surface area contributed by atoms with Crippen LogP contribution in [0.3, 0.4) is 0 Å². The molecule has 0 spiro atoms. The zero-order valence-electron chi connectivity index (χ0n) is 8.58. The van der Waals surface area contributed by atoms with Crippen LogP contribution in [0.5, 0.6) is 0 Å². The van der Waals surface area contributed by atoms with Crippen LogP contribution in [-0.2, 0) is 13.6 Å². The number of hydrogen-bond donors (Lipinski definition) is 1. The van der Waals surface area contributed by atoms with Crippen molar-refractivity contribution in [1.82, 2.24) is 14.1 Å². The van der Waals surface area contributed by atoms with Crippen molar-refractivity contribution < 1.29 is 0 Å². The van der Waals surface area contributed by atoms with Crippen molar-refractivity contribution in [3.05, 3.63) is 43.6 Å². The van der Waals surface area contributed by atoms with Gasteiger partial charge in [-0.25, -0.2) is 9.78 Å². The van der Waals surface area contributed by atoms with Gasteiger partial charge in [-0.2, -0.15) is 0 Å². The Bertz CT molecular complexity index is 577. The molecule has 84 valence electrons. The molecule has 0 aliphatic rings. The Hall–Kier alpha value is -1.89. The van der Waals surface area contributed by atoms with E-state index in [2.05, 4.69) is 4.98 Å². The lowest BCUT2D eigenvalue weighted by Gasteiger charge is -2.06. The quantitative estimate of drug-likeness (QED) is 0.774. The van der Waals surface area contributed by atoms with E-state index in [9.17, 15) is 9.59 Å². The van der Waals surface area contributed by atoms with E-state index in [1.165, 1.54) is 22.1 Å². The fourth-order valence-electron chi connectivity index (χ4n) is 1.36. The van der Waals surface area contributed by atoms with Crippen molar-refractivity contribution in [2.24, 2.45) is 7.05 Å². The maximum Gasteiger partial charge on any atom is 0.331 e. The van der Waals surface area contributed by atoms with Crippen molar-refractivity contribution in [2.45, 2.75) is 6.54 Å². The van der Waals surface area contributed by atoms with Gasteiger partial charge < -0.3 is 10.3 Å². The second-order valence-electron chi connectivity index (χ2n) is 3.30. The normalized spacial score (nSPS) is 10.6. The molecule has 0 aromatic carbocycles. The number of nitrogens with two attached hydrogens (primary N) is 1. The molecule has 0 aliphatic carbocycles. The Labute approximate surface area is 94.6 Å². The molecular weight excluding hydrogens is 228 g/mol. The monoisotopic (exact) mass is 238 g/mol. The maximum absolute atomic E-state index is 11.7. The number of nitrogens with zero attached hydrogens (tertiary/aromatic N) is 3. The van der Waals surface area contributed by atoms with E-state index < -0.39 is 11.2 Å². The topological polar surface area (TPSA) is 82.9 Å². The molecule has 0 radical (unpaired) electrons. The summed E-state index contributed by atoms with van der Waals surface area (Å²) < 4.78 is 2.36. The van der Waals surface area contributed by atoms with Crippen LogP contribution in [0.4, 0.5) is 5.69 Å². The minimum atomic E-state index is -0.474. The maximum atomic E-state index is 11.7. The summed E-state index contributed by atoms with van der Waals surface area (Å²) in [7, 11) is 1.55. The smallest absolute Gasteiger partial charge is 0.331 e. The molecule has 0 saturated heterocycles. The molecule has 0 fully saturated rings. The fraction of sp³-hybridized carbons (Fsp3) is 0.222. The van der Waals surface area contributed by atoms with Gasteiger partial charge in [0.15, 0.2) is 0 Å². The molecule has 2 aromatic heterocycles. The number of rotatable bonds is 2. The first-order valence-corrected chi connectivity index (χ1v) is 5.42. The van der Waals surface area contributed by atoms with Gasteiger partial charge in [-0.3, -0.25) is 9.36 Å². The van der Waals surface area contributed by atoms with Crippen LogP contribution in [0.25, 0.3) is 0 Å². The van der Waals surface area contributed by atoms with E-state index in [4.69, 9.17) is 5.73 Å². The Balaban J connectivity index is 2.56. The molecule has 16 heavy (non-hydrogen) atoms. The SMILES string of the molecule is Cn1cc(N)c(=O)n(Cc2nccs2)c1=O. The van der Waals surface area contributed by atoms with E-state index in [1.54, 1.807) is 18.6 Å². The predicted molar refractivity (Wildman–Crippen MR) is 61.6 cm³/mol. The lowest BCUT2D eigenvalue weighted by Crippen LogP contribution is -2.39. The van der Waals surface area contributed by atoms with Crippen molar-refractivity contribution in [1.29, 1.82) is 0 Å². The van der Waals surface area contributed by atoms with Gasteiger partial charge >= 0.3 is 5.69 Å². The van der Waals surface area contributed by atoms with Gasteiger partial charge in [0.05, 0.1) is 6.54 Å². The number of thiazole rings is 1. The van der Waals surface area contributed by atoms with Crippen LogP contribution < -0.4 is 17.0 Å². The lowest BCUT2D eigenvalue weighted by atomic mass is 10.5. The molecule has 0 atom stereocenters. The summed E-state index contributed by atoms with van der Waals surface area (Å²) in [6.45, 7) is 0.161. The third kappa shape index (κ3) is 1.76. The van der Waals surface area contributed by atoms with Crippen LogP contribution in [0, 0.1) is 0 Å². The van der Waals surface area contributed by atoms with E-state index in [0.29, 0.717) is 5.01 Å². The molecule has 0 saturated carbocycles. The lowest BCUT2D eigenvalue weighted by molar-refractivity contribution is 0.641. The summed E-state index contributed by atoms with van der Waals surface area (Å²) in [4.78, 5) is 27.4. The molecule has 2 aromatic rings. The summed E-state index contributed by atoms with van der Waals surface area (Å²) in [5.41, 5.74) is 4.70. The Morgan fingerprint density at radius 2 is 2.25 bits per heavy atom. The van der Waals surface area contributed by atoms with E-state index >= 15 is 0 Å². The number of anilines is 1. The first kappa shape index (κ1) is 10.6. The molecule has 2 heterocycles. The van der Waals surface area contributed by atoms with Crippen LogP contribution in [0.1, 0.15) is 5.01 Å². The van der Waals surface area contributed by atoms with Gasteiger partial charge in [-0.1, -0.05) is 0 Å². The van der Waals surface area contributed by atoms with Gasteiger partial charge in [0.2, 0.25) is 0 Å². The average Bonchev–Trinajstić information content (AvgIpc) is 2.74. The highest BCUT2D eigenvalue weighted by molar-refractivity contribution is 7.09. The number of aromatic nitrogens is 3. The van der Waals surface area contributed by atoms with Crippen molar-refractivity contribution >= 4 is 17.0 Å². The van der Waals surface area contributed by atoms with Crippen LogP contribution in [0.15, 0.2) is 27.4 Å². The summed E-state index contributed by atoms with van der Waals surface area (Å²) in [5.74, 6) is 0. The van der Waals surface area contributed by atoms with Gasteiger partial charge in [-0.05, 0) is 0 Å². The number of nitrogen functional groups attached to an aromatic ring is 1. The first-order chi connectivity index (χ1) is 7.59. The Morgan fingerprint density at radius 3 is 2.88 bits per heavy atom. The largest absolute Gasteiger partial charge is 0.393 e. The third-order valence-corrected chi connectivity index (χ3v) is 2.90. The molecule has 2 N–H and O–H groups in total. The van der Waals surface area contributed by atoms with Crippen LogP contribution in [0.2, 0.25) is 0 Å². The predicted octanol–water partition coefficient (Wildman–Crippen LogP) is -0.366. The first-order valence-electron chi connectivity index (χ1n) is 4.54. The van der Waals surface area contributed by atoms with Gasteiger partial charge in [0.1, 0.15) is 10.7 Å². The van der Waals surface area contributed by atoms with E-state index in [-0.39, 0.29) is 12.2 Å². The summed E-state index contributed by atoms with van der Waals surface area (Å²) >= 11 is 1.39. The minimum absolute atomic E-state index is 0.0543. The Morgan fingerprint density at radius 1 is 1.50 bits per heavy atom. The van der Waals surface area contributed by atoms with Gasteiger partial charge in [-0.15, -0.1) is 11.3 Å². The second kappa shape index (κ2) is 3.93. The molecule has 6 nitrogen and oxygen atoms in total. The highest BCUT2D eigenvalue weighted by atomic mass is 32.1. The highest BCUT2D eigenvalue weighted by Crippen LogP contribution is 2.04. The summed E-state index contributed by atoms with van der Waals surface area (Å²) in [5, 5.41) is 2.49. The zero-order valence-corrected chi connectivity index (χ0v) is 9.40. The second-order valence-corrected chi connectivity index (χ2v) is 4.27. The van der Waals surface area contributed by atoms with E-state index in [1.807, 2.05) is 0 Å². The van der Waals surface area contributed by atoms with Crippen molar-refractivity contribution in [2.75, 3.05) is 5.73 Å². The summed E-state index contributed by atoms with van der Waals surface area (Å²) in [6.07, 6.45) is 2.95. The van der Waals surface area contributed by atoms with Gasteiger partial charge in [0.25, 0.3) is 5.56 Å². The standard InChI is InChI=1S/C9H10N4O2S/c1-12-4-6(10)8(14)13(9(12)15)5-7-11-2-3-16-7/h2-4H,5,10H2,1H3. The molecule has 0 aliphatic heterocycles. The average molecular weight is 238 g/mol. The Kier molecular flexibility index (Phi) is 2.61. The molecule has 7 heteroatoms. The molecular formula is C9H10N4O2S. The minimum Gasteiger partial charge on any atom is -0.393 e. The van der Waals surface area contributed by atoms with Gasteiger partial charge in [0, 0.05) is 24.8 Å². The van der Waals surface area contributed by atoms with Crippen molar-refractivity contribution in [3.63, 3.8) is 0 Å². The zero-order chi connectivity index (χ0) is 11.7. The van der Waals surface area contributed by atoms with E-state index in [0.717, 1.165) is 4.57 Å². The van der Waals surface area contributed by atoms with Crippen molar-refractivity contribution in [3.8, 4) is 0 Å². The molecule has 2 rings (SSSR count). The molecule has 0 amide bonds. The third-order valence-electron chi connectivity index (χ3n) is 2.13. The van der Waals surface area contributed by atoms with Crippen LogP contribution in [-0.4, -0.2) is 14.1 Å². The number of aryl methyl sites for hydroxylation is 1. The highest BCUT2D eigenvalue weighted by Gasteiger charge is 2.08. The molecule has 0 unspecified atom stereocenters. The fourth-order valence-corrected chi connectivity index (χ4v) is 1.96. The summed E-state index contributed by atoms with van der Waals surface area (Å²) in [6, 6.07) is 0. The molecule has 0 bridgehead atoms. The van der Waals surface area contributed by atoms with Crippen LogP contribution >= 0.6 is 11.3 Å². The number of hydrogen-bond acceptors (Lipinski definition) is 5.